The Morgan fingerprint density at radius 2 is 2.05 bits per heavy atom. The number of aromatic amines is 1. The lowest BCUT2D eigenvalue weighted by molar-refractivity contribution is -0.113. The average Bonchev–Trinajstić information content (AvgIpc) is 2.94. The predicted octanol–water partition coefficient (Wildman–Crippen LogP) is 4.06. The van der Waals surface area contributed by atoms with Gasteiger partial charge in [0.2, 0.25) is 5.91 Å². The maximum absolute atomic E-state index is 12.0. The molecule has 0 aliphatic heterocycles. The molecule has 4 nitrogen and oxygen atoms in total. The zero-order valence-corrected chi connectivity index (χ0v) is 13.4. The number of hydrogen-bond acceptors (Lipinski definition) is 3. The van der Waals surface area contributed by atoms with Gasteiger partial charge in [0.1, 0.15) is 0 Å². The molecule has 1 aromatic heterocycles. The van der Waals surface area contributed by atoms with Crippen molar-refractivity contribution in [2.45, 2.75) is 4.90 Å². The van der Waals surface area contributed by atoms with E-state index in [1.165, 1.54) is 11.8 Å². The number of nitrogens with zero attached hydrogens (tertiary/aromatic N) is 1. The zero-order chi connectivity index (χ0) is 14.7. The fourth-order valence-corrected chi connectivity index (χ4v) is 2.85. The molecule has 0 saturated heterocycles. The van der Waals surface area contributed by atoms with Crippen molar-refractivity contribution in [3.05, 3.63) is 53.1 Å². The van der Waals surface area contributed by atoms with Crippen LogP contribution in [0.3, 0.4) is 0 Å². The molecule has 0 spiro atoms. The first-order valence-corrected chi connectivity index (χ1v) is 8.10. The third kappa shape index (κ3) is 3.65. The number of rotatable bonds is 4. The number of fused-ring (bicyclic) bond motifs is 1. The molecule has 0 aliphatic carbocycles. The number of carbonyl (C=O) groups excluding carboxylic acids is 1. The summed E-state index contributed by atoms with van der Waals surface area (Å²) in [6, 6.07) is 13.6. The molecule has 106 valence electrons. The number of H-pyrrole nitrogens is 1. The average molecular weight is 362 g/mol. The number of carbonyl (C=O) groups is 1. The van der Waals surface area contributed by atoms with Gasteiger partial charge in [-0.25, -0.2) is 0 Å². The van der Waals surface area contributed by atoms with Gasteiger partial charge in [0, 0.05) is 20.4 Å². The highest BCUT2D eigenvalue weighted by molar-refractivity contribution is 9.10. The zero-order valence-electron chi connectivity index (χ0n) is 11.0. The minimum absolute atomic E-state index is 0.0261. The highest BCUT2D eigenvalue weighted by Gasteiger charge is 2.05. The lowest BCUT2D eigenvalue weighted by atomic mass is 10.2. The van der Waals surface area contributed by atoms with Crippen LogP contribution < -0.4 is 5.32 Å². The Hall–Kier alpha value is -1.79. The largest absolute Gasteiger partial charge is 0.325 e. The summed E-state index contributed by atoms with van der Waals surface area (Å²) >= 11 is 4.90. The highest BCUT2D eigenvalue weighted by Crippen LogP contribution is 2.21. The van der Waals surface area contributed by atoms with E-state index < -0.39 is 0 Å². The number of anilines is 1. The van der Waals surface area contributed by atoms with Crippen molar-refractivity contribution < 1.29 is 4.79 Å². The van der Waals surface area contributed by atoms with E-state index in [0.29, 0.717) is 5.75 Å². The van der Waals surface area contributed by atoms with Gasteiger partial charge in [-0.15, -0.1) is 11.8 Å². The molecule has 0 aliphatic rings. The minimum Gasteiger partial charge on any atom is -0.325 e. The van der Waals surface area contributed by atoms with Gasteiger partial charge in [-0.2, -0.15) is 5.10 Å². The van der Waals surface area contributed by atoms with Crippen LogP contribution in [-0.4, -0.2) is 21.9 Å². The number of hydrogen-bond donors (Lipinski definition) is 2. The molecule has 1 amide bonds. The molecule has 0 atom stereocenters. The molecule has 0 saturated carbocycles. The third-order valence-corrected chi connectivity index (χ3v) is 4.45. The van der Waals surface area contributed by atoms with Crippen molar-refractivity contribution in [1.82, 2.24) is 10.2 Å². The topological polar surface area (TPSA) is 57.8 Å². The van der Waals surface area contributed by atoms with Gasteiger partial charge in [0.25, 0.3) is 0 Å². The molecule has 1 heterocycles. The summed E-state index contributed by atoms with van der Waals surface area (Å²) in [6.45, 7) is 0. The van der Waals surface area contributed by atoms with Crippen molar-refractivity contribution in [3.8, 4) is 0 Å². The number of halogens is 1. The summed E-state index contributed by atoms with van der Waals surface area (Å²) in [4.78, 5) is 13.0. The van der Waals surface area contributed by atoms with Crippen LogP contribution in [0.2, 0.25) is 0 Å². The molecule has 3 aromatic rings. The molecular formula is C15H12BrN3OS. The molecule has 2 N–H and O–H groups in total. The smallest absolute Gasteiger partial charge is 0.234 e. The summed E-state index contributed by atoms with van der Waals surface area (Å²) in [5.74, 6) is 0.351. The fraction of sp³-hybridized carbons (Fsp3) is 0.0667. The SMILES string of the molecule is O=C(CSc1ccc(Br)cc1)Nc1ccc2cn[nH]c2c1. The van der Waals surface area contributed by atoms with Crippen LogP contribution in [0.1, 0.15) is 0 Å². The van der Waals surface area contributed by atoms with E-state index in [-0.39, 0.29) is 5.91 Å². The highest BCUT2D eigenvalue weighted by atomic mass is 79.9. The second-order valence-electron chi connectivity index (χ2n) is 4.46. The Morgan fingerprint density at radius 1 is 1.24 bits per heavy atom. The molecule has 0 fully saturated rings. The minimum atomic E-state index is -0.0261. The van der Waals surface area contributed by atoms with E-state index in [4.69, 9.17) is 0 Å². The molecule has 6 heteroatoms. The lowest BCUT2D eigenvalue weighted by Gasteiger charge is -2.05. The Morgan fingerprint density at radius 3 is 2.86 bits per heavy atom. The van der Waals surface area contributed by atoms with E-state index in [1.54, 1.807) is 6.20 Å². The van der Waals surface area contributed by atoms with Crippen LogP contribution in [0.4, 0.5) is 5.69 Å². The summed E-state index contributed by atoms with van der Waals surface area (Å²) < 4.78 is 1.03. The Bertz CT molecular complexity index is 770. The van der Waals surface area contributed by atoms with E-state index >= 15 is 0 Å². The summed E-state index contributed by atoms with van der Waals surface area (Å²) in [5, 5.41) is 10.8. The number of aromatic nitrogens is 2. The van der Waals surface area contributed by atoms with Crippen LogP contribution >= 0.6 is 27.7 Å². The van der Waals surface area contributed by atoms with Gasteiger partial charge in [-0.05, 0) is 42.5 Å². The third-order valence-electron chi connectivity index (χ3n) is 2.91. The standard InChI is InChI=1S/C15H12BrN3OS/c16-11-2-5-13(6-3-11)21-9-15(20)18-12-4-1-10-8-17-19-14(10)7-12/h1-8H,9H2,(H,17,19)(H,18,20). The Labute approximate surface area is 134 Å². The first-order valence-electron chi connectivity index (χ1n) is 6.32. The molecule has 2 aromatic carbocycles. The maximum Gasteiger partial charge on any atom is 0.234 e. The second-order valence-corrected chi connectivity index (χ2v) is 6.43. The molecule has 0 radical (unpaired) electrons. The first kappa shape index (κ1) is 14.2. The quantitative estimate of drug-likeness (QED) is 0.689. The van der Waals surface area contributed by atoms with Crippen molar-refractivity contribution in [2.24, 2.45) is 0 Å². The van der Waals surface area contributed by atoms with E-state index in [9.17, 15) is 4.79 Å². The number of thioether (sulfide) groups is 1. The van der Waals surface area contributed by atoms with Crippen molar-refractivity contribution in [1.29, 1.82) is 0 Å². The van der Waals surface area contributed by atoms with Crippen LogP contribution in [0, 0.1) is 0 Å². The maximum atomic E-state index is 12.0. The normalized spacial score (nSPS) is 10.7. The van der Waals surface area contributed by atoms with Gasteiger partial charge in [0.15, 0.2) is 0 Å². The first-order chi connectivity index (χ1) is 10.2. The number of nitrogens with one attached hydrogen (secondary N) is 2. The van der Waals surface area contributed by atoms with Gasteiger partial charge < -0.3 is 5.32 Å². The van der Waals surface area contributed by atoms with Gasteiger partial charge in [-0.1, -0.05) is 15.9 Å². The van der Waals surface area contributed by atoms with Crippen molar-refractivity contribution in [2.75, 3.05) is 11.1 Å². The van der Waals surface area contributed by atoms with Gasteiger partial charge >= 0.3 is 0 Å². The van der Waals surface area contributed by atoms with E-state index in [2.05, 4.69) is 31.4 Å². The summed E-state index contributed by atoms with van der Waals surface area (Å²) in [5.41, 5.74) is 1.68. The van der Waals surface area contributed by atoms with Crippen LogP contribution in [0.25, 0.3) is 10.9 Å². The van der Waals surface area contributed by atoms with Crippen LogP contribution in [-0.2, 0) is 4.79 Å². The Balaban J connectivity index is 1.59. The molecule has 3 rings (SSSR count). The molecule has 0 unspecified atom stereocenters. The van der Waals surface area contributed by atoms with Crippen molar-refractivity contribution >= 4 is 50.2 Å². The predicted molar refractivity (Wildman–Crippen MR) is 89.6 cm³/mol. The summed E-state index contributed by atoms with van der Waals surface area (Å²) in [6.07, 6.45) is 1.75. The fourth-order valence-electron chi connectivity index (χ4n) is 1.89. The Kier molecular flexibility index (Phi) is 4.26. The van der Waals surface area contributed by atoms with Gasteiger partial charge in [0.05, 0.1) is 17.5 Å². The van der Waals surface area contributed by atoms with Gasteiger partial charge in [-0.3, -0.25) is 9.89 Å². The molecule has 0 bridgehead atoms. The second kappa shape index (κ2) is 6.32. The van der Waals surface area contributed by atoms with Crippen LogP contribution in [0.15, 0.2) is 58.0 Å². The van der Waals surface area contributed by atoms with E-state index in [1.807, 2.05) is 42.5 Å². The molecular weight excluding hydrogens is 350 g/mol. The molecule has 21 heavy (non-hydrogen) atoms. The summed E-state index contributed by atoms with van der Waals surface area (Å²) in [7, 11) is 0. The number of amides is 1. The van der Waals surface area contributed by atoms with Crippen molar-refractivity contribution in [3.63, 3.8) is 0 Å². The number of benzene rings is 2. The van der Waals surface area contributed by atoms with Crippen LogP contribution in [0.5, 0.6) is 0 Å². The van der Waals surface area contributed by atoms with E-state index in [0.717, 1.165) is 26.0 Å². The lowest BCUT2D eigenvalue weighted by Crippen LogP contribution is -2.13. The monoisotopic (exact) mass is 361 g/mol.